The quantitative estimate of drug-likeness (QED) is 0.138. The molecule has 0 saturated carbocycles. The maximum Gasteiger partial charge on any atom is 0.315 e. The Morgan fingerprint density at radius 1 is 0.837 bits per heavy atom. The van der Waals surface area contributed by atoms with Crippen LogP contribution in [0.4, 0.5) is 4.79 Å². The summed E-state index contributed by atoms with van der Waals surface area (Å²) in [4.78, 5) is 41.6. The summed E-state index contributed by atoms with van der Waals surface area (Å²) in [6, 6.07) is 20.9. The molecule has 0 saturated heterocycles. The Bertz CT molecular complexity index is 1390. The topological polar surface area (TPSA) is 111 Å². The van der Waals surface area contributed by atoms with Crippen LogP contribution in [0, 0.1) is 5.41 Å². The van der Waals surface area contributed by atoms with Crippen molar-refractivity contribution in [2.24, 2.45) is 5.41 Å². The molecule has 0 fully saturated rings. The van der Waals surface area contributed by atoms with Crippen molar-refractivity contribution in [2.75, 3.05) is 5.88 Å². The summed E-state index contributed by atoms with van der Waals surface area (Å²) in [5.74, 6) is -1.31. The van der Waals surface area contributed by atoms with E-state index in [1.54, 1.807) is 36.4 Å². The minimum absolute atomic E-state index is 0.145. The van der Waals surface area contributed by atoms with Crippen LogP contribution in [0.1, 0.15) is 37.5 Å². The summed E-state index contributed by atoms with van der Waals surface area (Å²) in [7, 11) is 0. The van der Waals surface area contributed by atoms with E-state index in [1.807, 2.05) is 63.2 Å². The Morgan fingerprint density at radius 3 is 1.86 bits per heavy atom. The monoisotopic (exact) mass is 644 g/mol. The van der Waals surface area contributed by atoms with Crippen LogP contribution in [-0.4, -0.2) is 51.9 Å². The first-order valence-electron chi connectivity index (χ1n) is 13.8. The fourth-order valence-corrected chi connectivity index (χ4v) is 5.40. The van der Waals surface area contributed by atoms with Gasteiger partial charge in [0.15, 0.2) is 6.10 Å². The van der Waals surface area contributed by atoms with Crippen LogP contribution in [0.2, 0.25) is 10.0 Å². The third-order valence-electron chi connectivity index (χ3n) is 6.87. The summed E-state index contributed by atoms with van der Waals surface area (Å²) >= 11 is 16.8. The predicted molar refractivity (Wildman–Crippen MR) is 174 cm³/mol. The van der Waals surface area contributed by atoms with E-state index in [0.717, 1.165) is 11.1 Å². The van der Waals surface area contributed by atoms with Crippen LogP contribution in [0.3, 0.4) is 0 Å². The molecule has 11 heteroatoms. The van der Waals surface area contributed by atoms with Gasteiger partial charge in [-0.15, -0.1) is 0 Å². The van der Waals surface area contributed by atoms with Gasteiger partial charge in [-0.25, -0.2) is 4.79 Å². The molecule has 4 amide bonds. The van der Waals surface area contributed by atoms with Gasteiger partial charge in [0, 0.05) is 23.1 Å². The van der Waals surface area contributed by atoms with Gasteiger partial charge in [-0.05, 0) is 40.7 Å². The number of carbonyl (C=O) groups is 3. The fraction of sp³-hybridized carbons (Fsp3) is 0.344. The van der Waals surface area contributed by atoms with Crippen LogP contribution in [-0.2, 0) is 29.1 Å². The molecule has 3 atom stereocenters. The molecule has 0 heterocycles. The molecular formula is C32H38Cl2N4O4S. The van der Waals surface area contributed by atoms with Crippen molar-refractivity contribution >= 4 is 53.7 Å². The highest BCUT2D eigenvalue weighted by atomic mass is 35.5. The molecule has 4 N–H and O–H groups in total. The number of benzene rings is 3. The minimum atomic E-state index is -1.68. The van der Waals surface area contributed by atoms with Gasteiger partial charge in [0.1, 0.15) is 6.04 Å². The second kappa shape index (κ2) is 16.0. The van der Waals surface area contributed by atoms with Gasteiger partial charge in [-0.3, -0.25) is 9.59 Å². The van der Waals surface area contributed by atoms with E-state index < -0.39 is 41.4 Å². The molecule has 0 bridgehead atoms. The molecule has 0 aromatic heterocycles. The zero-order valence-electron chi connectivity index (χ0n) is 24.4. The molecule has 1 unspecified atom stereocenters. The van der Waals surface area contributed by atoms with E-state index in [-0.39, 0.29) is 25.4 Å². The zero-order chi connectivity index (χ0) is 31.6. The number of urea groups is 1. The van der Waals surface area contributed by atoms with E-state index in [4.69, 9.17) is 23.2 Å². The smallest absolute Gasteiger partial charge is 0.315 e. The number of aliphatic hydroxyl groups excluding tert-OH is 1. The van der Waals surface area contributed by atoms with Crippen molar-refractivity contribution in [1.29, 1.82) is 0 Å². The van der Waals surface area contributed by atoms with Crippen molar-refractivity contribution in [3.05, 3.63) is 106 Å². The summed E-state index contributed by atoms with van der Waals surface area (Å²) < 4.78 is 0. The molecule has 230 valence electrons. The average molecular weight is 646 g/mol. The maximum atomic E-state index is 13.9. The maximum absolute atomic E-state index is 13.9. The van der Waals surface area contributed by atoms with Gasteiger partial charge < -0.3 is 26.0 Å². The van der Waals surface area contributed by atoms with Crippen molar-refractivity contribution in [2.45, 2.75) is 58.5 Å². The highest BCUT2D eigenvalue weighted by molar-refractivity contribution is 7.80. The normalized spacial score (nSPS) is 13.4. The SMILES string of the molecule is CC(C)(C)[C@@H](C(=O)NCc1ccccc1Cl)N(CS)C(=O)[C@@H](O)C(Cc1ccccc1)NC(=O)NCc1ccccc1Cl. The lowest BCUT2D eigenvalue weighted by atomic mass is 9.84. The molecule has 3 aromatic carbocycles. The molecular weight excluding hydrogens is 607 g/mol. The lowest BCUT2D eigenvalue weighted by Gasteiger charge is -2.40. The van der Waals surface area contributed by atoms with Crippen molar-refractivity contribution in [1.82, 2.24) is 20.9 Å². The number of aliphatic hydroxyl groups is 1. The van der Waals surface area contributed by atoms with Gasteiger partial charge in [-0.1, -0.05) is 111 Å². The third-order valence-corrected chi connectivity index (χ3v) is 7.92. The molecule has 8 nitrogen and oxygen atoms in total. The summed E-state index contributed by atoms with van der Waals surface area (Å²) in [5, 5.41) is 20.8. The van der Waals surface area contributed by atoms with Gasteiger partial charge in [-0.2, -0.15) is 12.6 Å². The number of carbonyl (C=O) groups excluding carboxylic acids is 3. The Morgan fingerprint density at radius 2 is 1.35 bits per heavy atom. The highest BCUT2D eigenvalue weighted by Gasteiger charge is 2.42. The number of rotatable bonds is 12. The summed E-state index contributed by atoms with van der Waals surface area (Å²) in [6.07, 6.45) is -1.52. The second-order valence-corrected chi connectivity index (χ2v) is 12.3. The van der Waals surface area contributed by atoms with E-state index in [2.05, 4.69) is 28.6 Å². The number of hydrogen-bond donors (Lipinski definition) is 5. The molecule has 0 aliphatic heterocycles. The fourth-order valence-electron chi connectivity index (χ4n) is 4.69. The average Bonchev–Trinajstić information content (AvgIpc) is 2.97. The Labute approximate surface area is 268 Å². The van der Waals surface area contributed by atoms with Gasteiger partial charge in [0.25, 0.3) is 5.91 Å². The Kier molecular flexibility index (Phi) is 12.7. The van der Waals surface area contributed by atoms with Crippen LogP contribution < -0.4 is 16.0 Å². The van der Waals surface area contributed by atoms with Crippen LogP contribution in [0.25, 0.3) is 0 Å². The van der Waals surface area contributed by atoms with Crippen molar-refractivity contribution in [3.63, 3.8) is 0 Å². The van der Waals surface area contributed by atoms with Crippen LogP contribution in [0.5, 0.6) is 0 Å². The highest BCUT2D eigenvalue weighted by Crippen LogP contribution is 2.27. The summed E-state index contributed by atoms with van der Waals surface area (Å²) in [6.45, 7) is 5.78. The van der Waals surface area contributed by atoms with Gasteiger partial charge in [0.05, 0.1) is 11.9 Å². The van der Waals surface area contributed by atoms with E-state index in [1.165, 1.54) is 4.90 Å². The molecule has 3 rings (SSSR count). The van der Waals surface area contributed by atoms with E-state index in [9.17, 15) is 19.5 Å². The molecule has 0 radical (unpaired) electrons. The van der Waals surface area contributed by atoms with Crippen LogP contribution in [0.15, 0.2) is 78.9 Å². The number of thiol groups is 1. The lowest BCUT2D eigenvalue weighted by molar-refractivity contribution is -0.150. The number of nitrogens with one attached hydrogen (secondary N) is 3. The molecule has 3 aromatic rings. The summed E-state index contributed by atoms with van der Waals surface area (Å²) in [5.41, 5.74) is 1.52. The molecule has 0 aliphatic rings. The number of nitrogens with zero attached hydrogens (tertiary/aromatic N) is 1. The van der Waals surface area contributed by atoms with Crippen molar-refractivity contribution < 1.29 is 19.5 Å². The lowest BCUT2D eigenvalue weighted by Crippen LogP contribution is -2.60. The first-order chi connectivity index (χ1) is 20.4. The van der Waals surface area contributed by atoms with E-state index in [0.29, 0.717) is 15.6 Å². The standard InChI is InChI=1S/C32H38Cl2N4O4S/c1-32(2,3)28(29(40)35-18-22-13-7-9-15-24(22)33)38(20-43)30(41)27(39)26(17-21-11-5-4-6-12-21)37-31(42)36-19-23-14-8-10-16-25(23)34/h4-16,26-28,39,43H,17-20H2,1-3H3,(H,35,40)(H2,36,37,42)/t26?,27-,28+/m0/s1. The third kappa shape index (κ3) is 9.89. The number of halogens is 2. The first-order valence-corrected chi connectivity index (χ1v) is 15.2. The predicted octanol–water partition coefficient (Wildman–Crippen LogP) is 5.21. The zero-order valence-corrected chi connectivity index (χ0v) is 26.8. The van der Waals surface area contributed by atoms with Crippen LogP contribution >= 0.6 is 35.8 Å². The van der Waals surface area contributed by atoms with Gasteiger partial charge in [0.2, 0.25) is 5.91 Å². The van der Waals surface area contributed by atoms with E-state index >= 15 is 0 Å². The van der Waals surface area contributed by atoms with Crippen molar-refractivity contribution in [3.8, 4) is 0 Å². The number of hydrogen-bond acceptors (Lipinski definition) is 5. The Balaban J connectivity index is 1.80. The molecule has 0 spiro atoms. The molecule has 0 aliphatic carbocycles. The minimum Gasteiger partial charge on any atom is -0.381 e. The first kappa shape index (κ1) is 34.3. The molecule has 43 heavy (non-hydrogen) atoms. The Hall–Kier alpha value is -3.24. The number of amides is 4. The largest absolute Gasteiger partial charge is 0.381 e. The van der Waals surface area contributed by atoms with Gasteiger partial charge >= 0.3 is 6.03 Å². The second-order valence-electron chi connectivity index (χ2n) is 11.2.